The first-order valence-electron chi connectivity index (χ1n) is 9.67. The smallest absolute Gasteiger partial charge is 0.200 e. The quantitative estimate of drug-likeness (QED) is 0.558. The fourth-order valence-electron chi connectivity index (χ4n) is 3.87. The Kier molecular flexibility index (Phi) is 9.85. The molecule has 0 atom stereocenters. The highest BCUT2D eigenvalue weighted by Crippen LogP contribution is 2.42. The maximum Gasteiger partial charge on any atom is 0.200 e. The van der Waals surface area contributed by atoms with Crippen molar-refractivity contribution in [2.45, 2.75) is 71.4 Å². The Morgan fingerprint density at radius 2 is 1.08 bits per heavy atom. The van der Waals surface area contributed by atoms with Crippen molar-refractivity contribution in [1.29, 1.82) is 0 Å². The molecule has 0 aliphatic rings. The average Bonchev–Trinajstić information content (AvgIpc) is 2.63. The normalized spacial score (nSPS) is 11.6. The van der Waals surface area contributed by atoms with E-state index in [2.05, 4.69) is 71.9 Å². The van der Waals surface area contributed by atoms with E-state index in [1.165, 1.54) is 5.56 Å². The standard InChI is InChI=1S/C16H28OSi.C7H8O/c1-13(2)18(14(3)4,15(5)6)17-12-16-10-8-7-9-11-16;8-6-7-4-2-1-3-5-7/h7-11,13-15H,12H2,1-6H3;1-5,8H,6H2. The van der Waals surface area contributed by atoms with E-state index in [1.807, 2.05) is 30.3 Å². The Balaban J connectivity index is 0.000000350. The third kappa shape index (κ3) is 6.38. The predicted octanol–water partition coefficient (Wildman–Crippen LogP) is 6.56. The van der Waals surface area contributed by atoms with Crippen LogP contribution in [0, 0.1) is 0 Å². The van der Waals surface area contributed by atoms with Gasteiger partial charge in [-0.05, 0) is 27.8 Å². The maximum absolute atomic E-state index is 8.54. The van der Waals surface area contributed by atoms with E-state index < -0.39 is 8.32 Å². The monoisotopic (exact) mass is 372 g/mol. The molecule has 0 heterocycles. The van der Waals surface area contributed by atoms with Gasteiger partial charge >= 0.3 is 0 Å². The molecule has 0 unspecified atom stereocenters. The molecular formula is C23H36O2Si. The van der Waals surface area contributed by atoms with Crippen molar-refractivity contribution in [2.75, 3.05) is 0 Å². The van der Waals surface area contributed by atoms with Crippen molar-refractivity contribution in [2.24, 2.45) is 0 Å². The molecule has 0 bridgehead atoms. The van der Waals surface area contributed by atoms with Crippen molar-refractivity contribution in [3.05, 3.63) is 71.8 Å². The van der Waals surface area contributed by atoms with Gasteiger partial charge in [-0.15, -0.1) is 0 Å². The van der Waals surface area contributed by atoms with E-state index in [0.717, 1.165) is 12.2 Å². The summed E-state index contributed by atoms with van der Waals surface area (Å²) >= 11 is 0. The average molecular weight is 373 g/mol. The van der Waals surface area contributed by atoms with E-state index in [-0.39, 0.29) is 6.61 Å². The van der Waals surface area contributed by atoms with Gasteiger partial charge in [0.15, 0.2) is 0 Å². The van der Waals surface area contributed by atoms with Crippen LogP contribution in [0.25, 0.3) is 0 Å². The van der Waals surface area contributed by atoms with E-state index in [4.69, 9.17) is 9.53 Å². The molecule has 2 nitrogen and oxygen atoms in total. The molecule has 144 valence electrons. The van der Waals surface area contributed by atoms with Crippen LogP contribution in [0.4, 0.5) is 0 Å². The summed E-state index contributed by atoms with van der Waals surface area (Å²) in [5.41, 5.74) is 4.22. The summed E-state index contributed by atoms with van der Waals surface area (Å²) in [5.74, 6) is 0. The van der Waals surface area contributed by atoms with E-state index in [0.29, 0.717) is 16.6 Å². The molecule has 0 aromatic heterocycles. The summed E-state index contributed by atoms with van der Waals surface area (Å²) in [6, 6.07) is 20.1. The Hall–Kier alpha value is -1.42. The minimum absolute atomic E-state index is 0.140. The van der Waals surface area contributed by atoms with Crippen LogP contribution in [0.15, 0.2) is 60.7 Å². The summed E-state index contributed by atoms with van der Waals surface area (Å²) in [6.45, 7) is 14.9. The van der Waals surface area contributed by atoms with Crippen LogP contribution in [0.5, 0.6) is 0 Å². The van der Waals surface area contributed by atoms with Gasteiger partial charge in [0.1, 0.15) is 0 Å². The van der Waals surface area contributed by atoms with Crippen molar-refractivity contribution >= 4 is 8.32 Å². The topological polar surface area (TPSA) is 29.5 Å². The largest absolute Gasteiger partial charge is 0.412 e. The second-order valence-electron chi connectivity index (χ2n) is 7.74. The lowest BCUT2D eigenvalue weighted by Crippen LogP contribution is -2.47. The third-order valence-corrected chi connectivity index (χ3v) is 11.1. The maximum atomic E-state index is 8.54. The highest BCUT2D eigenvalue weighted by atomic mass is 28.4. The first-order chi connectivity index (χ1) is 12.3. The van der Waals surface area contributed by atoms with Gasteiger partial charge in [0.25, 0.3) is 0 Å². The van der Waals surface area contributed by atoms with Crippen molar-refractivity contribution in [1.82, 2.24) is 0 Å². The van der Waals surface area contributed by atoms with Gasteiger partial charge in [0.2, 0.25) is 8.32 Å². The van der Waals surface area contributed by atoms with Gasteiger partial charge in [0.05, 0.1) is 13.2 Å². The molecule has 3 heteroatoms. The summed E-state index contributed by atoms with van der Waals surface area (Å²) in [6.07, 6.45) is 0. The van der Waals surface area contributed by atoms with Crippen molar-refractivity contribution in [3.8, 4) is 0 Å². The highest BCUT2D eigenvalue weighted by Gasteiger charge is 2.44. The second kappa shape index (κ2) is 11.3. The molecule has 0 spiro atoms. The van der Waals surface area contributed by atoms with Crippen molar-refractivity contribution < 1.29 is 9.53 Å². The SMILES string of the molecule is CC(C)[Si](OCc1ccccc1)(C(C)C)C(C)C.OCc1ccccc1. The number of aliphatic hydroxyl groups is 1. The summed E-state index contributed by atoms with van der Waals surface area (Å²) < 4.78 is 6.54. The van der Waals surface area contributed by atoms with Gasteiger partial charge in [0, 0.05) is 0 Å². The Morgan fingerprint density at radius 3 is 1.38 bits per heavy atom. The molecule has 26 heavy (non-hydrogen) atoms. The zero-order chi connectivity index (χ0) is 19.6. The molecule has 0 aliphatic carbocycles. The Bertz CT molecular complexity index is 572. The fourth-order valence-corrected chi connectivity index (χ4v) is 9.28. The molecule has 1 N–H and O–H groups in total. The van der Waals surface area contributed by atoms with E-state index >= 15 is 0 Å². The lowest BCUT2D eigenvalue weighted by molar-refractivity contribution is 0.266. The summed E-state index contributed by atoms with van der Waals surface area (Å²) in [4.78, 5) is 0. The molecule has 2 aromatic carbocycles. The van der Waals surface area contributed by atoms with Crippen LogP contribution < -0.4 is 0 Å². The number of rotatable bonds is 7. The lowest BCUT2D eigenvalue weighted by Gasteiger charge is -2.42. The van der Waals surface area contributed by atoms with Crippen LogP contribution in [0.1, 0.15) is 52.7 Å². The van der Waals surface area contributed by atoms with Crippen LogP contribution in [0.2, 0.25) is 16.6 Å². The van der Waals surface area contributed by atoms with E-state index in [1.54, 1.807) is 0 Å². The van der Waals surface area contributed by atoms with Gasteiger partial charge in [-0.3, -0.25) is 0 Å². The number of hydrogen-bond donors (Lipinski definition) is 1. The van der Waals surface area contributed by atoms with Gasteiger partial charge in [-0.2, -0.15) is 0 Å². The predicted molar refractivity (Wildman–Crippen MR) is 115 cm³/mol. The van der Waals surface area contributed by atoms with Gasteiger partial charge in [-0.1, -0.05) is 102 Å². The summed E-state index contributed by atoms with van der Waals surface area (Å²) in [7, 11) is -1.71. The Morgan fingerprint density at radius 1 is 0.692 bits per heavy atom. The minimum Gasteiger partial charge on any atom is -0.412 e. The minimum atomic E-state index is -1.71. The Labute approximate surface area is 161 Å². The lowest BCUT2D eigenvalue weighted by atomic mass is 10.2. The zero-order valence-electron chi connectivity index (χ0n) is 17.3. The molecule has 2 rings (SSSR count). The van der Waals surface area contributed by atoms with Crippen LogP contribution in [0.3, 0.4) is 0 Å². The number of aliphatic hydroxyl groups excluding tert-OH is 1. The molecule has 2 aromatic rings. The fraction of sp³-hybridized carbons (Fsp3) is 0.478. The highest BCUT2D eigenvalue weighted by molar-refractivity contribution is 6.77. The molecular weight excluding hydrogens is 336 g/mol. The summed E-state index contributed by atoms with van der Waals surface area (Å²) in [5, 5.41) is 8.54. The zero-order valence-corrected chi connectivity index (χ0v) is 18.3. The molecule has 0 amide bonds. The third-order valence-electron chi connectivity index (χ3n) is 5.06. The van der Waals surface area contributed by atoms with Crippen molar-refractivity contribution in [3.63, 3.8) is 0 Å². The first kappa shape index (κ1) is 22.6. The van der Waals surface area contributed by atoms with Crippen LogP contribution in [-0.4, -0.2) is 13.4 Å². The number of hydrogen-bond acceptors (Lipinski definition) is 2. The van der Waals surface area contributed by atoms with Gasteiger partial charge in [-0.25, -0.2) is 0 Å². The van der Waals surface area contributed by atoms with Crippen LogP contribution >= 0.6 is 0 Å². The second-order valence-corrected chi connectivity index (χ2v) is 13.2. The first-order valence-corrected chi connectivity index (χ1v) is 11.8. The van der Waals surface area contributed by atoms with E-state index in [9.17, 15) is 0 Å². The number of benzene rings is 2. The molecule has 0 saturated carbocycles. The van der Waals surface area contributed by atoms with Gasteiger partial charge < -0.3 is 9.53 Å². The molecule has 0 aliphatic heterocycles. The molecule has 0 radical (unpaired) electrons. The van der Waals surface area contributed by atoms with Crippen LogP contribution in [-0.2, 0) is 17.6 Å². The molecule has 0 saturated heterocycles. The molecule has 0 fully saturated rings.